The molecule has 5 heteroatoms. The lowest BCUT2D eigenvalue weighted by Crippen LogP contribution is -2.11. The predicted octanol–water partition coefficient (Wildman–Crippen LogP) is 2.62. The van der Waals surface area contributed by atoms with Gasteiger partial charge >= 0.3 is 6.18 Å². The standard InChI is InChI=1S/C10H10F3NO/c1-2-8(15)6-7-4-3-5-9(14-7)10(11,12)13/h3-5H,2,6H2,1H3. The Balaban J connectivity index is 2.88. The lowest BCUT2D eigenvalue weighted by atomic mass is 10.1. The number of aromatic nitrogens is 1. The Bertz CT molecular complexity index is 360. The fraction of sp³-hybridized carbons (Fsp3) is 0.400. The van der Waals surface area contributed by atoms with Crippen LogP contribution in [0.3, 0.4) is 0 Å². The molecule has 82 valence electrons. The van der Waals surface area contributed by atoms with E-state index >= 15 is 0 Å². The van der Waals surface area contributed by atoms with Crippen LogP contribution in [0.4, 0.5) is 13.2 Å². The number of pyridine rings is 1. The quantitative estimate of drug-likeness (QED) is 0.778. The number of ketones is 1. The molecule has 0 aromatic carbocycles. The summed E-state index contributed by atoms with van der Waals surface area (Å²) in [5.74, 6) is -0.123. The smallest absolute Gasteiger partial charge is 0.299 e. The average molecular weight is 217 g/mol. The molecule has 0 aliphatic heterocycles. The van der Waals surface area contributed by atoms with Crippen LogP contribution < -0.4 is 0 Å². The maximum absolute atomic E-state index is 12.2. The van der Waals surface area contributed by atoms with Gasteiger partial charge in [-0.1, -0.05) is 13.0 Å². The van der Waals surface area contributed by atoms with Gasteiger partial charge in [-0.05, 0) is 12.1 Å². The Kier molecular flexibility index (Phi) is 3.44. The maximum Gasteiger partial charge on any atom is 0.433 e. The van der Waals surface area contributed by atoms with Gasteiger partial charge in [-0.3, -0.25) is 4.79 Å². The number of alkyl halides is 3. The zero-order chi connectivity index (χ0) is 11.5. The summed E-state index contributed by atoms with van der Waals surface area (Å²) < 4.78 is 36.7. The fourth-order valence-electron chi connectivity index (χ4n) is 1.06. The van der Waals surface area contributed by atoms with Crippen molar-refractivity contribution >= 4 is 5.78 Å². The summed E-state index contributed by atoms with van der Waals surface area (Å²) >= 11 is 0. The summed E-state index contributed by atoms with van der Waals surface area (Å²) in [6.07, 6.45) is -4.19. The van der Waals surface area contributed by atoms with E-state index in [2.05, 4.69) is 4.98 Å². The van der Waals surface area contributed by atoms with Crippen LogP contribution >= 0.6 is 0 Å². The Labute approximate surface area is 85.1 Å². The third kappa shape index (κ3) is 3.34. The molecule has 1 aromatic rings. The molecule has 0 spiro atoms. The molecule has 0 N–H and O–H groups in total. The molecule has 1 rings (SSSR count). The number of carbonyl (C=O) groups is 1. The molecule has 0 aliphatic carbocycles. The van der Waals surface area contributed by atoms with E-state index in [4.69, 9.17) is 0 Å². The van der Waals surface area contributed by atoms with Crippen LogP contribution in [0.25, 0.3) is 0 Å². The van der Waals surface area contributed by atoms with E-state index in [-0.39, 0.29) is 17.9 Å². The molecule has 0 radical (unpaired) electrons. The highest BCUT2D eigenvalue weighted by molar-refractivity contribution is 5.80. The van der Waals surface area contributed by atoms with Gasteiger partial charge in [0, 0.05) is 18.5 Å². The average Bonchev–Trinajstić information content (AvgIpc) is 2.17. The van der Waals surface area contributed by atoms with Gasteiger partial charge in [0.05, 0.1) is 0 Å². The van der Waals surface area contributed by atoms with Crippen molar-refractivity contribution in [2.45, 2.75) is 25.9 Å². The molecule has 0 saturated carbocycles. The third-order valence-electron chi connectivity index (χ3n) is 1.87. The number of hydrogen-bond donors (Lipinski definition) is 0. The first-order chi connectivity index (χ1) is 6.93. The number of nitrogens with zero attached hydrogens (tertiary/aromatic N) is 1. The predicted molar refractivity (Wildman–Crippen MR) is 48.2 cm³/mol. The van der Waals surface area contributed by atoms with Crippen molar-refractivity contribution in [1.29, 1.82) is 0 Å². The summed E-state index contributed by atoms with van der Waals surface area (Å²) in [5.41, 5.74) is -0.791. The molecule has 15 heavy (non-hydrogen) atoms. The van der Waals surface area contributed by atoms with Crippen LogP contribution in [0.1, 0.15) is 24.7 Å². The monoisotopic (exact) mass is 217 g/mol. The number of halogens is 3. The SMILES string of the molecule is CCC(=O)Cc1cccc(C(F)(F)F)n1. The highest BCUT2D eigenvalue weighted by Crippen LogP contribution is 2.27. The first-order valence-corrected chi connectivity index (χ1v) is 4.48. The van der Waals surface area contributed by atoms with Crippen LogP contribution in [0.2, 0.25) is 0 Å². The van der Waals surface area contributed by atoms with Gasteiger partial charge < -0.3 is 0 Å². The van der Waals surface area contributed by atoms with Crippen molar-refractivity contribution in [2.75, 3.05) is 0 Å². The minimum atomic E-state index is -4.45. The molecular weight excluding hydrogens is 207 g/mol. The third-order valence-corrected chi connectivity index (χ3v) is 1.87. The first-order valence-electron chi connectivity index (χ1n) is 4.48. The van der Waals surface area contributed by atoms with Gasteiger partial charge in [0.1, 0.15) is 11.5 Å². The summed E-state index contributed by atoms with van der Waals surface area (Å²) in [7, 11) is 0. The van der Waals surface area contributed by atoms with Crippen LogP contribution in [0.15, 0.2) is 18.2 Å². The van der Waals surface area contributed by atoms with Crippen LogP contribution in [-0.4, -0.2) is 10.8 Å². The lowest BCUT2D eigenvalue weighted by molar-refractivity contribution is -0.141. The second-order valence-corrected chi connectivity index (χ2v) is 3.08. The van der Waals surface area contributed by atoms with Gasteiger partial charge in [0.25, 0.3) is 0 Å². The van der Waals surface area contributed by atoms with Gasteiger partial charge in [-0.25, -0.2) is 4.98 Å². The Morgan fingerprint density at radius 3 is 2.60 bits per heavy atom. The molecule has 0 unspecified atom stereocenters. The van der Waals surface area contributed by atoms with Gasteiger partial charge in [-0.15, -0.1) is 0 Å². The lowest BCUT2D eigenvalue weighted by Gasteiger charge is -2.06. The number of rotatable bonds is 3. The molecule has 0 fully saturated rings. The van der Waals surface area contributed by atoms with E-state index in [1.807, 2.05) is 0 Å². The number of Topliss-reactive ketones (excluding diaryl/α,β-unsaturated/α-hetero) is 1. The van der Waals surface area contributed by atoms with Crippen molar-refractivity contribution in [2.24, 2.45) is 0 Å². The highest BCUT2D eigenvalue weighted by atomic mass is 19.4. The van der Waals surface area contributed by atoms with Crippen molar-refractivity contribution in [3.63, 3.8) is 0 Å². The molecule has 1 heterocycles. The molecule has 0 aliphatic rings. The van der Waals surface area contributed by atoms with E-state index < -0.39 is 11.9 Å². The molecule has 2 nitrogen and oxygen atoms in total. The van der Waals surface area contributed by atoms with Crippen molar-refractivity contribution in [3.8, 4) is 0 Å². The fourth-order valence-corrected chi connectivity index (χ4v) is 1.06. The van der Waals surface area contributed by atoms with Gasteiger partial charge in [0.15, 0.2) is 0 Å². The molecule has 0 bridgehead atoms. The maximum atomic E-state index is 12.2. The Morgan fingerprint density at radius 2 is 2.07 bits per heavy atom. The second kappa shape index (κ2) is 4.42. The normalized spacial score (nSPS) is 11.5. The van der Waals surface area contributed by atoms with Gasteiger partial charge in [0.2, 0.25) is 0 Å². The zero-order valence-electron chi connectivity index (χ0n) is 8.14. The van der Waals surface area contributed by atoms with Crippen LogP contribution in [0, 0.1) is 0 Å². The summed E-state index contributed by atoms with van der Waals surface area (Å²) in [4.78, 5) is 14.4. The summed E-state index contributed by atoms with van der Waals surface area (Å²) in [5, 5.41) is 0. The van der Waals surface area contributed by atoms with E-state index in [1.54, 1.807) is 6.92 Å². The Morgan fingerprint density at radius 1 is 1.40 bits per heavy atom. The van der Waals surface area contributed by atoms with Crippen LogP contribution in [0.5, 0.6) is 0 Å². The number of hydrogen-bond acceptors (Lipinski definition) is 2. The Hall–Kier alpha value is -1.39. The highest BCUT2D eigenvalue weighted by Gasteiger charge is 2.32. The minimum absolute atomic E-state index is 0.0413. The minimum Gasteiger partial charge on any atom is -0.299 e. The summed E-state index contributed by atoms with van der Waals surface area (Å²) in [6.45, 7) is 1.66. The zero-order valence-corrected chi connectivity index (χ0v) is 8.14. The molecule has 1 aromatic heterocycles. The van der Waals surface area contributed by atoms with Crippen molar-refractivity contribution < 1.29 is 18.0 Å². The molecular formula is C10H10F3NO. The largest absolute Gasteiger partial charge is 0.433 e. The van der Waals surface area contributed by atoms with Crippen molar-refractivity contribution in [3.05, 3.63) is 29.6 Å². The van der Waals surface area contributed by atoms with Crippen molar-refractivity contribution in [1.82, 2.24) is 4.98 Å². The van der Waals surface area contributed by atoms with E-state index in [1.165, 1.54) is 12.1 Å². The van der Waals surface area contributed by atoms with E-state index in [9.17, 15) is 18.0 Å². The number of carbonyl (C=O) groups excluding carboxylic acids is 1. The van der Waals surface area contributed by atoms with E-state index in [0.29, 0.717) is 6.42 Å². The van der Waals surface area contributed by atoms with Gasteiger partial charge in [-0.2, -0.15) is 13.2 Å². The summed E-state index contributed by atoms with van der Waals surface area (Å²) in [6, 6.07) is 3.57. The van der Waals surface area contributed by atoms with Crippen LogP contribution in [-0.2, 0) is 17.4 Å². The first kappa shape index (κ1) is 11.7. The topological polar surface area (TPSA) is 30.0 Å². The second-order valence-electron chi connectivity index (χ2n) is 3.08. The van der Waals surface area contributed by atoms with E-state index in [0.717, 1.165) is 6.07 Å². The molecule has 0 saturated heterocycles. The molecule has 0 atom stereocenters. The molecule has 0 amide bonds.